The first-order valence-corrected chi connectivity index (χ1v) is 11.4. The normalized spacial score (nSPS) is 26.9. The molecule has 4 rings (SSSR count). The molecule has 168 valence electrons. The molecular formula is C25H26Cl2N2O3. The number of anilines is 1. The molecule has 2 aromatic rings. The highest BCUT2D eigenvalue weighted by atomic mass is 35.5. The van der Waals surface area contributed by atoms with Gasteiger partial charge in [-0.15, -0.1) is 0 Å². The smallest absolute Gasteiger partial charge is 0.326 e. The fourth-order valence-corrected chi connectivity index (χ4v) is 5.78. The van der Waals surface area contributed by atoms with Crippen LogP contribution in [0.1, 0.15) is 56.0 Å². The third kappa shape index (κ3) is 3.43. The predicted molar refractivity (Wildman–Crippen MR) is 127 cm³/mol. The molecule has 0 saturated heterocycles. The summed E-state index contributed by atoms with van der Waals surface area (Å²) in [6, 6.07) is 12.3. The molecule has 2 fully saturated rings. The second kappa shape index (κ2) is 7.89. The minimum absolute atomic E-state index is 0.0194. The number of aryl methyl sites for hydroxylation is 1. The maximum Gasteiger partial charge on any atom is 0.367 e. The molecule has 2 aromatic carbocycles. The Kier molecular flexibility index (Phi) is 5.62. The van der Waals surface area contributed by atoms with Gasteiger partial charge in [-0.2, -0.15) is 0 Å². The van der Waals surface area contributed by atoms with Crippen LogP contribution in [0, 0.1) is 23.2 Å². The van der Waals surface area contributed by atoms with Gasteiger partial charge in [-0.1, -0.05) is 61.3 Å². The van der Waals surface area contributed by atoms with Crippen molar-refractivity contribution >= 4 is 46.5 Å². The van der Waals surface area contributed by atoms with Crippen molar-refractivity contribution in [1.29, 1.82) is 0 Å². The Bertz CT molecular complexity index is 1140. The second-order valence-electron chi connectivity index (χ2n) is 9.58. The molecule has 32 heavy (non-hydrogen) atoms. The maximum atomic E-state index is 13.5. The summed E-state index contributed by atoms with van der Waals surface area (Å²) in [6.45, 7) is 8.31. The van der Waals surface area contributed by atoms with Gasteiger partial charge in [0.1, 0.15) is 0 Å². The Morgan fingerprint density at radius 1 is 1.06 bits per heavy atom. The first kappa shape index (κ1) is 22.8. The first-order valence-electron chi connectivity index (χ1n) is 10.6. The van der Waals surface area contributed by atoms with Crippen LogP contribution in [0.4, 0.5) is 5.69 Å². The number of halogens is 2. The topological polar surface area (TPSA) is 67.8 Å². The molecule has 0 aliphatic heterocycles. The number of oxime groups is 1. The van der Waals surface area contributed by atoms with Gasteiger partial charge in [-0.3, -0.25) is 4.79 Å². The van der Waals surface area contributed by atoms with Gasteiger partial charge in [-0.25, -0.2) is 4.79 Å². The van der Waals surface area contributed by atoms with Crippen molar-refractivity contribution in [2.45, 2.75) is 47.0 Å². The van der Waals surface area contributed by atoms with Crippen molar-refractivity contribution in [2.75, 3.05) is 5.32 Å². The molecular weight excluding hydrogens is 447 g/mol. The fraction of sp³-hybridized carbons (Fsp3) is 0.400. The van der Waals surface area contributed by atoms with E-state index in [4.69, 9.17) is 28.0 Å². The zero-order chi connectivity index (χ0) is 23.3. The third-order valence-electron chi connectivity index (χ3n) is 7.83. The quantitative estimate of drug-likeness (QED) is 0.398. The van der Waals surface area contributed by atoms with Crippen LogP contribution >= 0.6 is 23.2 Å². The van der Waals surface area contributed by atoms with Gasteiger partial charge < -0.3 is 10.2 Å². The Morgan fingerprint density at radius 2 is 1.81 bits per heavy atom. The van der Waals surface area contributed by atoms with Crippen molar-refractivity contribution in [1.82, 2.24) is 0 Å². The van der Waals surface area contributed by atoms with Crippen LogP contribution in [0.2, 0.25) is 10.0 Å². The lowest BCUT2D eigenvalue weighted by Crippen LogP contribution is -2.43. The highest BCUT2D eigenvalue weighted by molar-refractivity contribution is 6.36. The number of hydrogen-bond donors (Lipinski definition) is 1. The van der Waals surface area contributed by atoms with Gasteiger partial charge in [0.15, 0.2) is 0 Å². The largest absolute Gasteiger partial charge is 0.367 e. The van der Waals surface area contributed by atoms with Gasteiger partial charge >= 0.3 is 5.97 Å². The molecule has 0 heterocycles. The SMILES string of the molecule is Cc1cccc(NC(=O)[C@]23CC[C@@](C)(/C(=N\OC(=O)c4ccc(Cl)cc4Cl)C2)C3(C)C)c1. The first-order chi connectivity index (χ1) is 15.0. The Morgan fingerprint density at radius 3 is 2.50 bits per heavy atom. The summed E-state index contributed by atoms with van der Waals surface area (Å²) in [7, 11) is 0. The summed E-state index contributed by atoms with van der Waals surface area (Å²) in [5, 5.41) is 8.00. The highest BCUT2D eigenvalue weighted by Crippen LogP contribution is 2.71. The summed E-state index contributed by atoms with van der Waals surface area (Å²) in [4.78, 5) is 31.4. The number of amides is 1. The average molecular weight is 473 g/mol. The van der Waals surface area contributed by atoms with Crippen molar-refractivity contribution in [3.63, 3.8) is 0 Å². The lowest BCUT2D eigenvalue weighted by molar-refractivity contribution is -0.130. The Labute approximate surface area is 198 Å². The van der Waals surface area contributed by atoms with Gasteiger partial charge in [0.05, 0.1) is 21.7 Å². The van der Waals surface area contributed by atoms with E-state index in [0.29, 0.717) is 11.4 Å². The van der Waals surface area contributed by atoms with Crippen LogP contribution in [0.3, 0.4) is 0 Å². The van der Waals surface area contributed by atoms with E-state index in [1.165, 1.54) is 12.1 Å². The van der Waals surface area contributed by atoms with E-state index in [9.17, 15) is 9.59 Å². The van der Waals surface area contributed by atoms with E-state index >= 15 is 0 Å². The lowest BCUT2D eigenvalue weighted by atomic mass is 9.64. The molecule has 2 saturated carbocycles. The molecule has 1 amide bonds. The highest BCUT2D eigenvalue weighted by Gasteiger charge is 2.71. The van der Waals surface area contributed by atoms with Gasteiger partial charge in [0.25, 0.3) is 0 Å². The van der Waals surface area contributed by atoms with Crippen molar-refractivity contribution in [3.05, 3.63) is 63.6 Å². The molecule has 0 unspecified atom stereocenters. The standard InChI is InChI=1S/C25H26Cl2N2O3/c1-15-6-5-7-17(12-15)28-22(31)25-11-10-24(4,23(25,2)3)20(14-25)29-32-21(30)18-9-8-16(26)13-19(18)27/h5-9,12-13H,10-11,14H2,1-4H3,(H,28,31)/b29-20-/t24-,25-/m0/s1. The number of nitrogens with zero attached hydrogens (tertiary/aromatic N) is 1. The minimum Gasteiger partial charge on any atom is -0.326 e. The molecule has 2 aliphatic carbocycles. The number of hydrogen-bond acceptors (Lipinski definition) is 4. The molecule has 0 radical (unpaired) electrons. The van der Waals surface area contributed by atoms with Crippen molar-refractivity contribution in [2.24, 2.45) is 21.4 Å². The number of benzene rings is 2. The van der Waals surface area contributed by atoms with E-state index in [2.05, 4.69) is 31.2 Å². The van der Waals surface area contributed by atoms with E-state index in [0.717, 1.165) is 29.8 Å². The van der Waals surface area contributed by atoms with Crippen LogP contribution in [-0.4, -0.2) is 17.6 Å². The summed E-state index contributed by atoms with van der Waals surface area (Å²) in [6.07, 6.45) is 1.99. The zero-order valence-corrected chi connectivity index (χ0v) is 20.1. The molecule has 5 nitrogen and oxygen atoms in total. The molecule has 2 atom stereocenters. The fourth-order valence-electron chi connectivity index (χ4n) is 5.30. The summed E-state index contributed by atoms with van der Waals surface area (Å²) in [5.74, 6) is -0.671. The molecule has 7 heteroatoms. The monoisotopic (exact) mass is 472 g/mol. The average Bonchev–Trinajstić information content (AvgIpc) is 3.02. The van der Waals surface area contributed by atoms with Crippen LogP contribution in [0.25, 0.3) is 0 Å². The Balaban J connectivity index is 1.59. The van der Waals surface area contributed by atoms with Gasteiger partial charge in [0.2, 0.25) is 5.91 Å². The molecule has 0 spiro atoms. The number of carbonyl (C=O) groups is 2. The minimum atomic E-state index is -0.651. The number of rotatable bonds is 4. The Hall–Kier alpha value is -2.37. The van der Waals surface area contributed by atoms with E-state index in [-0.39, 0.29) is 27.3 Å². The zero-order valence-electron chi connectivity index (χ0n) is 18.6. The van der Waals surface area contributed by atoms with Crippen molar-refractivity contribution < 1.29 is 14.4 Å². The number of carbonyl (C=O) groups excluding carboxylic acids is 2. The molecule has 0 aromatic heterocycles. The third-order valence-corrected chi connectivity index (χ3v) is 8.38. The van der Waals surface area contributed by atoms with E-state index in [1.54, 1.807) is 6.07 Å². The van der Waals surface area contributed by atoms with E-state index in [1.807, 2.05) is 31.2 Å². The summed E-state index contributed by atoms with van der Waals surface area (Å²) in [5.41, 5.74) is 1.43. The lowest BCUT2D eigenvalue weighted by Gasteiger charge is -2.39. The summed E-state index contributed by atoms with van der Waals surface area (Å²) < 4.78 is 0. The van der Waals surface area contributed by atoms with Crippen LogP contribution in [0.15, 0.2) is 47.6 Å². The van der Waals surface area contributed by atoms with E-state index < -0.39 is 11.4 Å². The van der Waals surface area contributed by atoms with Crippen LogP contribution < -0.4 is 5.32 Å². The van der Waals surface area contributed by atoms with Gasteiger partial charge in [-0.05, 0) is 61.1 Å². The van der Waals surface area contributed by atoms with Crippen LogP contribution in [-0.2, 0) is 9.63 Å². The summed E-state index contributed by atoms with van der Waals surface area (Å²) >= 11 is 12.0. The molecule has 2 bridgehead atoms. The number of fused-ring (bicyclic) bond motifs is 2. The predicted octanol–water partition coefficient (Wildman–Crippen LogP) is 6.67. The van der Waals surface area contributed by atoms with Gasteiger partial charge in [0, 0.05) is 22.5 Å². The second-order valence-corrected chi connectivity index (χ2v) is 10.4. The van der Waals surface area contributed by atoms with Crippen LogP contribution in [0.5, 0.6) is 0 Å². The van der Waals surface area contributed by atoms with Crippen molar-refractivity contribution in [3.8, 4) is 0 Å². The maximum absolute atomic E-state index is 13.5. The number of nitrogens with one attached hydrogen (secondary N) is 1. The molecule has 1 N–H and O–H groups in total. The molecule has 2 aliphatic rings.